The van der Waals surface area contributed by atoms with Gasteiger partial charge in [0.15, 0.2) is 0 Å². The smallest absolute Gasteiger partial charge is 0.234 e. The molecule has 1 heterocycles. The number of hydrogen-bond acceptors (Lipinski definition) is 3. The van der Waals surface area contributed by atoms with Crippen LogP contribution in [0.4, 0.5) is 0 Å². The Bertz CT molecular complexity index is 290. The molecule has 104 valence electrons. The number of hydrogen-bond donors (Lipinski definition) is 1. The number of ketones is 1. The summed E-state index contributed by atoms with van der Waals surface area (Å²) in [5, 5.41) is 2.92. The van der Waals surface area contributed by atoms with Crippen LogP contribution in [0.25, 0.3) is 0 Å². The van der Waals surface area contributed by atoms with Gasteiger partial charge >= 0.3 is 0 Å². The Balaban J connectivity index is 2.55. The van der Waals surface area contributed by atoms with Crippen LogP contribution >= 0.6 is 0 Å². The lowest BCUT2D eigenvalue weighted by Crippen LogP contribution is -2.45. The van der Waals surface area contributed by atoms with E-state index in [-0.39, 0.29) is 23.8 Å². The van der Waals surface area contributed by atoms with Crippen molar-refractivity contribution < 1.29 is 9.59 Å². The monoisotopic (exact) mass is 254 g/mol. The lowest BCUT2D eigenvalue weighted by molar-refractivity contribution is -0.124. The molecule has 4 heteroatoms. The van der Waals surface area contributed by atoms with E-state index < -0.39 is 0 Å². The predicted molar refractivity (Wildman–Crippen MR) is 72.4 cm³/mol. The van der Waals surface area contributed by atoms with Crippen LogP contribution in [0.1, 0.15) is 52.9 Å². The first-order valence-electron chi connectivity index (χ1n) is 7.02. The van der Waals surface area contributed by atoms with E-state index in [2.05, 4.69) is 10.2 Å². The van der Waals surface area contributed by atoms with Crippen molar-refractivity contribution in [3.63, 3.8) is 0 Å². The number of carbonyl (C=O) groups excluding carboxylic acids is 2. The van der Waals surface area contributed by atoms with Crippen molar-refractivity contribution >= 4 is 11.7 Å². The van der Waals surface area contributed by atoms with Gasteiger partial charge in [0.2, 0.25) is 5.91 Å². The van der Waals surface area contributed by atoms with E-state index in [1.54, 1.807) is 6.92 Å². The molecule has 4 nitrogen and oxygen atoms in total. The third kappa shape index (κ3) is 5.63. The number of nitrogens with one attached hydrogen (secondary N) is 1. The Morgan fingerprint density at radius 3 is 2.61 bits per heavy atom. The van der Waals surface area contributed by atoms with Gasteiger partial charge in [-0.05, 0) is 40.2 Å². The van der Waals surface area contributed by atoms with Crippen LogP contribution in [0.2, 0.25) is 0 Å². The average molecular weight is 254 g/mol. The molecule has 1 amide bonds. The molecule has 0 radical (unpaired) electrons. The molecule has 1 aliphatic heterocycles. The van der Waals surface area contributed by atoms with Gasteiger partial charge in [-0.2, -0.15) is 0 Å². The van der Waals surface area contributed by atoms with Crippen molar-refractivity contribution in [2.45, 2.75) is 65.0 Å². The zero-order valence-corrected chi connectivity index (χ0v) is 11.9. The minimum atomic E-state index is 0.0699. The summed E-state index contributed by atoms with van der Waals surface area (Å²) in [7, 11) is 0. The van der Waals surface area contributed by atoms with Crippen molar-refractivity contribution in [1.29, 1.82) is 0 Å². The maximum Gasteiger partial charge on any atom is 0.234 e. The first kappa shape index (κ1) is 15.2. The van der Waals surface area contributed by atoms with Gasteiger partial charge in [-0.15, -0.1) is 0 Å². The Morgan fingerprint density at radius 1 is 1.28 bits per heavy atom. The average Bonchev–Trinajstić information content (AvgIpc) is 2.42. The molecule has 1 rings (SSSR count). The Morgan fingerprint density at radius 2 is 2.00 bits per heavy atom. The van der Waals surface area contributed by atoms with Crippen molar-refractivity contribution in [2.24, 2.45) is 0 Å². The van der Waals surface area contributed by atoms with Crippen molar-refractivity contribution in [2.75, 3.05) is 13.1 Å². The normalized spacial score (nSPS) is 21.7. The SMILES string of the molecule is CC(=O)CC1CCCCCN1CC(=O)NC(C)C. The summed E-state index contributed by atoms with van der Waals surface area (Å²) in [5.41, 5.74) is 0. The minimum Gasteiger partial charge on any atom is -0.353 e. The number of rotatable bonds is 5. The van der Waals surface area contributed by atoms with Crippen LogP contribution in [0.5, 0.6) is 0 Å². The third-order valence-electron chi connectivity index (χ3n) is 3.32. The predicted octanol–water partition coefficient (Wildman–Crippen LogP) is 1.73. The fourth-order valence-corrected chi connectivity index (χ4v) is 2.56. The molecule has 0 bridgehead atoms. The summed E-state index contributed by atoms with van der Waals surface area (Å²) in [6.07, 6.45) is 5.11. The fraction of sp³-hybridized carbons (Fsp3) is 0.857. The molecule has 1 saturated heterocycles. The highest BCUT2D eigenvalue weighted by Gasteiger charge is 2.24. The van der Waals surface area contributed by atoms with E-state index in [1.807, 2.05) is 13.8 Å². The zero-order valence-electron chi connectivity index (χ0n) is 11.9. The highest BCUT2D eigenvalue weighted by atomic mass is 16.2. The summed E-state index contributed by atoms with van der Waals surface area (Å²) in [4.78, 5) is 25.3. The van der Waals surface area contributed by atoms with E-state index in [1.165, 1.54) is 12.8 Å². The second-order valence-electron chi connectivity index (χ2n) is 5.60. The van der Waals surface area contributed by atoms with Gasteiger partial charge in [0, 0.05) is 18.5 Å². The molecule has 18 heavy (non-hydrogen) atoms. The molecule has 0 aromatic heterocycles. The Kier molecular flexibility index (Phi) is 6.33. The van der Waals surface area contributed by atoms with Gasteiger partial charge in [0.1, 0.15) is 5.78 Å². The molecule has 0 saturated carbocycles. The molecule has 1 aliphatic rings. The third-order valence-corrected chi connectivity index (χ3v) is 3.32. The van der Waals surface area contributed by atoms with Crippen LogP contribution in [0.15, 0.2) is 0 Å². The minimum absolute atomic E-state index is 0.0699. The highest BCUT2D eigenvalue weighted by Crippen LogP contribution is 2.19. The summed E-state index contributed by atoms with van der Waals surface area (Å²) in [6, 6.07) is 0.429. The molecular formula is C14H26N2O2. The van der Waals surface area contributed by atoms with Crippen molar-refractivity contribution in [1.82, 2.24) is 10.2 Å². The summed E-state index contributed by atoms with van der Waals surface area (Å²) < 4.78 is 0. The lowest BCUT2D eigenvalue weighted by Gasteiger charge is -2.29. The topological polar surface area (TPSA) is 49.4 Å². The van der Waals surface area contributed by atoms with Crippen LogP contribution in [0.3, 0.4) is 0 Å². The highest BCUT2D eigenvalue weighted by molar-refractivity contribution is 5.79. The molecule has 1 N–H and O–H groups in total. The molecule has 0 spiro atoms. The summed E-state index contributed by atoms with van der Waals surface area (Å²) >= 11 is 0. The molecule has 1 unspecified atom stereocenters. The van der Waals surface area contributed by atoms with Gasteiger partial charge < -0.3 is 5.32 Å². The van der Waals surface area contributed by atoms with E-state index in [9.17, 15) is 9.59 Å². The summed E-state index contributed by atoms with van der Waals surface area (Å²) in [6.45, 7) is 6.93. The van der Waals surface area contributed by atoms with Gasteiger partial charge in [-0.25, -0.2) is 0 Å². The van der Waals surface area contributed by atoms with Crippen LogP contribution in [-0.4, -0.2) is 41.8 Å². The van der Waals surface area contributed by atoms with Gasteiger partial charge in [-0.1, -0.05) is 12.8 Å². The summed E-state index contributed by atoms with van der Waals surface area (Å²) in [5.74, 6) is 0.289. The first-order chi connectivity index (χ1) is 8.49. The van der Waals surface area contributed by atoms with Crippen LogP contribution in [0, 0.1) is 0 Å². The standard InChI is InChI=1S/C14H26N2O2/c1-11(2)15-14(18)10-16-8-6-4-5-7-13(16)9-12(3)17/h11,13H,4-10H2,1-3H3,(H,15,18). The molecule has 0 aliphatic carbocycles. The molecule has 1 atom stereocenters. The molecule has 0 aromatic carbocycles. The number of Topliss-reactive ketones (excluding diaryl/α,β-unsaturated/α-hetero) is 1. The maximum atomic E-state index is 11.8. The van der Waals surface area contributed by atoms with Gasteiger partial charge in [0.05, 0.1) is 6.54 Å². The van der Waals surface area contributed by atoms with Crippen molar-refractivity contribution in [3.05, 3.63) is 0 Å². The van der Waals surface area contributed by atoms with Crippen LogP contribution in [-0.2, 0) is 9.59 Å². The first-order valence-corrected chi connectivity index (χ1v) is 7.02. The number of amides is 1. The van der Waals surface area contributed by atoms with E-state index in [0.29, 0.717) is 13.0 Å². The van der Waals surface area contributed by atoms with Crippen LogP contribution < -0.4 is 5.32 Å². The lowest BCUT2D eigenvalue weighted by atomic mass is 10.0. The Hall–Kier alpha value is -0.900. The maximum absolute atomic E-state index is 11.8. The van der Waals surface area contributed by atoms with E-state index in [4.69, 9.17) is 0 Å². The van der Waals surface area contributed by atoms with Gasteiger partial charge in [0.25, 0.3) is 0 Å². The van der Waals surface area contributed by atoms with E-state index in [0.717, 1.165) is 19.4 Å². The largest absolute Gasteiger partial charge is 0.353 e. The molecular weight excluding hydrogens is 228 g/mol. The Labute approximate surface area is 110 Å². The number of likely N-dealkylation sites (tertiary alicyclic amines) is 1. The van der Waals surface area contributed by atoms with Gasteiger partial charge in [-0.3, -0.25) is 14.5 Å². The quantitative estimate of drug-likeness (QED) is 0.813. The second kappa shape index (κ2) is 7.52. The zero-order chi connectivity index (χ0) is 13.5. The second-order valence-corrected chi connectivity index (χ2v) is 5.60. The number of carbonyl (C=O) groups is 2. The van der Waals surface area contributed by atoms with Crippen molar-refractivity contribution in [3.8, 4) is 0 Å². The van der Waals surface area contributed by atoms with E-state index >= 15 is 0 Å². The molecule has 0 aromatic rings. The number of nitrogens with zero attached hydrogens (tertiary/aromatic N) is 1. The molecule has 1 fully saturated rings. The fourth-order valence-electron chi connectivity index (χ4n) is 2.56.